The highest BCUT2D eigenvalue weighted by Crippen LogP contribution is 2.31. The van der Waals surface area contributed by atoms with Crippen LogP contribution >= 0.6 is 0 Å². The Balaban J connectivity index is 1.41. The molecule has 0 amide bonds. The van der Waals surface area contributed by atoms with Crippen molar-refractivity contribution in [2.75, 3.05) is 0 Å². The second-order valence-electron chi connectivity index (χ2n) is 6.46. The minimum atomic E-state index is 0.315. The second kappa shape index (κ2) is 6.04. The largest absolute Gasteiger partial charge is 0.490 e. The molecule has 1 aromatic heterocycles. The third-order valence-electron chi connectivity index (χ3n) is 4.76. The van der Waals surface area contributed by atoms with E-state index in [1.807, 2.05) is 12.1 Å². The van der Waals surface area contributed by atoms with Gasteiger partial charge in [-0.05, 0) is 42.5 Å². The van der Waals surface area contributed by atoms with E-state index in [0.29, 0.717) is 12.0 Å². The van der Waals surface area contributed by atoms with Gasteiger partial charge in [0.1, 0.15) is 11.9 Å². The van der Waals surface area contributed by atoms with Crippen molar-refractivity contribution in [3.63, 3.8) is 0 Å². The highest BCUT2D eigenvalue weighted by atomic mass is 16.5. The molecule has 0 N–H and O–H groups in total. The Bertz CT molecular complexity index is 802. The van der Waals surface area contributed by atoms with E-state index in [-0.39, 0.29) is 0 Å². The smallest absolute Gasteiger partial charge is 0.123 e. The van der Waals surface area contributed by atoms with Crippen molar-refractivity contribution in [3.8, 4) is 5.75 Å². The first-order valence-electron chi connectivity index (χ1n) is 8.40. The maximum atomic E-state index is 6.04. The summed E-state index contributed by atoms with van der Waals surface area (Å²) in [7, 11) is 0. The Morgan fingerprint density at radius 1 is 1.04 bits per heavy atom. The maximum absolute atomic E-state index is 6.04. The van der Waals surface area contributed by atoms with Crippen LogP contribution in [0.25, 0.3) is 10.9 Å². The van der Waals surface area contributed by atoms with Crippen molar-refractivity contribution in [1.82, 2.24) is 4.98 Å². The first kappa shape index (κ1) is 14.3. The number of para-hydroxylation sites is 2. The first-order valence-corrected chi connectivity index (χ1v) is 8.40. The van der Waals surface area contributed by atoms with Crippen LogP contribution in [0.4, 0.5) is 0 Å². The van der Waals surface area contributed by atoms with Crippen LogP contribution in [0.3, 0.4) is 0 Å². The number of nitrogens with zero attached hydrogens (tertiary/aromatic N) is 1. The molecule has 2 heterocycles. The molecule has 1 aliphatic rings. The maximum Gasteiger partial charge on any atom is 0.123 e. The fourth-order valence-electron chi connectivity index (χ4n) is 3.35. The quantitative estimate of drug-likeness (QED) is 0.667. The Morgan fingerprint density at radius 3 is 2.78 bits per heavy atom. The zero-order chi connectivity index (χ0) is 15.6. The monoisotopic (exact) mass is 303 g/mol. The van der Waals surface area contributed by atoms with Crippen LogP contribution in [-0.2, 0) is 6.42 Å². The molecule has 1 aliphatic heterocycles. The molecule has 2 nitrogen and oxygen atoms in total. The summed E-state index contributed by atoms with van der Waals surface area (Å²) in [6.45, 7) is 2.26. The Labute approximate surface area is 137 Å². The van der Waals surface area contributed by atoms with Gasteiger partial charge in [-0.1, -0.05) is 49.4 Å². The van der Waals surface area contributed by atoms with E-state index in [9.17, 15) is 0 Å². The standard InChI is InChI=1S/C21H21NO/c1-15(19-13-11-16-6-2-4-8-20(16)22-19)10-12-18-14-17-7-3-5-9-21(17)23-18/h2-9,11,13,15,18H,10,12,14H2,1H3. The molecule has 2 unspecified atom stereocenters. The summed E-state index contributed by atoms with van der Waals surface area (Å²) in [5.74, 6) is 1.51. The molecule has 0 bridgehead atoms. The topological polar surface area (TPSA) is 22.1 Å². The molecule has 0 spiro atoms. The molecule has 0 aliphatic carbocycles. The van der Waals surface area contributed by atoms with Crippen molar-refractivity contribution < 1.29 is 4.74 Å². The van der Waals surface area contributed by atoms with Crippen molar-refractivity contribution in [2.24, 2.45) is 0 Å². The predicted molar refractivity (Wildman–Crippen MR) is 94.0 cm³/mol. The molecule has 2 aromatic carbocycles. The van der Waals surface area contributed by atoms with Crippen LogP contribution in [0.5, 0.6) is 5.75 Å². The SMILES string of the molecule is CC(CCC1Cc2ccccc2O1)c1ccc2ccccc2n1. The van der Waals surface area contributed by atoms with Gasteiger partial charge in [-0.2, -0.15) is 0 Å². The molecule has 0 saturated heterocycles. The van der Waals surface area contributed by atoms with Gasteiger partial charge in [0.15, 0.2) is 0 Å². The number of ether oxygens (including phenoxy) is 1. The average molecular weight is 303 g/mol. The molecule has 23 heavy (non-hydrogen) atoms. The summed E-state index contributed by atoms with van der Waals surface area (Å²) >= 11 is 0. The van der Waals surface area contributed by atoms with Gasteiger partial charge in [-0.3, -0.25) is 4.98 Å². The van der Waals surface area contributed by atoms with E-state index in [4.69, 9.17) is 9.72 Å². The van der Waals surface area contributed by atoms with Crippen LogP contribution in [0.15, 0.2) is 60.7 Å². The van der Waals surface area contributed by atoms with Gasteiger partial charge in [0.2, 0.25) is 0 Å². The molecule has 2 heteroatoms. The second-order valence-corrected chi connectivity index (χ2v) is 6.46. The Hall–Kier alpha value is -2.35. The Kier molecular flexibility index (Phi) is 3.74. The summed E-state index contributed by atoms with van der Waals surface area (Å²) in [4.78, 5) is 4.82. The van der Waals surface area contributed by atoms with Crippen molar-refractivity contribution in [3.05, 3.63) is 71.9 Å². The van der Waals surface area contributed by atoms with Crippen LogP contribution in [0.1, 0.15) is 36.9 Å². The molecule has 0 fully saturated rings. The molecule has 4 rings (SSSR count). The number of fused-ring (bicyclic) bond motifs is 2. The fourth-order valence-corrected chi connectivity index (χ4v) is 3.35. The van der Waals surface area contributed by atoms with Gasteiger partial charge in [-0.25, -0.2) is 0 Å². The molecular formula is C21H21NO. The molecule has 3 aromatic rings. The van der Waals surface area contributed by atoms with Crippen molar-refractivity contribution in [2.45, 2.75) is 38.2 Å². The van der Waals surface area contributed by atoms with Gasteiger partial charge < -0.3 is 4.74 Å². The summed E-state index contributed by atoms with van der Waals surface area (Å²) in [5, 5.41) is 1.21. The lowest BCUT2D eigenvalue weighted by Crippen LogP contribution is -2.14. The highest BCUT2D eigenvalue weighted by Gasteiger charge is 2.23. The summed E-state index contributed by atoms with van der Waals surface area (Å²) < 4.78 is 6.04. The predicted octanol–water partition coefficient (Wildman–Crippen LogP) is 5.12. The summed E-state index contributed by atoms with van der Waals surface area (Å²) in [6.07, 6.45) is 3.53. The third-order valence-corrected chi connectivity index (χ3v) is 4.76. The van der Waals surface area contributed by atoms with Crippen LogP contribution in [0.2, 0.25) is 0 Å². The first-order chi connectivity index (χ1) is 11.3. The van der Waals surface area contributed by atoms with Crippen LogP contribution in [0, 0.1) is 0 Å². The average Bonchev–Trinajstić information content (AvgIpc) is 3.02. The number of rotatable bonds is 4. The van der Waals surface area contributed by atoms with Gasteiger partial charge in [0.05, 0.1) is 5.52 Å². The molecule has 0 saturated carbocycles. The molecule has 0 radical (unpaired) electrons. The van der Waals surface area contributed by atoms with E-state index in [1.165, 1.54) is 16.6 Å². The normalized spacial score (nSPS) is 17.7. The lowest BCUT2D eigenvalue weighted by molar-refractivity contribution is 0.214. The van der Waals surface area contributed by atoms with Gasteiger partial charge in [0, 0.05) is 17.5 Å². The molecular weight excluding hydrogens is 282 g/mol. The fraction of sp³-hybridized carbons (Fsp3) is 0.286. The van der Waals surface area contributed by atoms with Gasteiger partial charge in [0.25, 0.3) is 0 Å². The van der Waals surface area contributed by atoms with Crippen LogP contribution in [-0.4, -0.2) is 11.1 Å². The zero-order valence-corrected chi connectivity index (χ0v) is 13.4. The number of pyridine rings is 1. The van der Waals surface area contributed by atoms with E-state index in [0.717, 1.165) is 30.5 Å². The molecule has 116 valence electrons. The minimum Gasteiger partial charge on any atom is -0.490 e. The molecule has 2 atom stereocenters. The zero-order valence-electron chi connectivity index (χ0n) is 13.4. The van der Waals surface area contributed by atoms with E-state index >= 15 is 0 Å². The van der Waals surface area contributed by atoms with Gasteiger partial charge >= 0.3 is 0 Å². The van der Waals surface area contributed by atoms with Crippen molar-refractivity contribution in [1.29, 1.82) is 0 Å². The third kappa shape index (κ3) is 2.94. The number of aromatic nitrogens is 1. The highest BCUT2D eigenvalue weighted by molar-refractivity contribution is 5.78. The van der Waals surface area contributed by atoms with Crippen LogP contribution < -0.4 is 4.74 Å². The van der Waals surface area contributed by atoms with Crippen molar-refractivity contribution >= 4 is 10.9 Å². The Morgan fingerprint density at radius 2 is 1.87 bits per heavy atom. The van der Waals surface area contributed by atoms with E-state index in [2.05, 4.69) is 55.5 Å². The summed E-state index contributed by atoms with van der Waals surface area (Å²) in [5.41, 5.74) is 3.61. The number of hydrogen-bond acceptors (Lipinski definition) is 2. The lowest BCUT2D eigenvalue weighted by Gasteiger charge is -2.15. The number of hydrogen-bond donors (Lipinski definition) is 0. The van der Waals surface area contributed by atoms with E-state index in [1.54, 1.807) is 0 Å². The van der Waals surface area contributed by atoms with Gasteiger partial charge in [-0.15, -0.1) is 0 Å². The minimum absolute atomic E-state index is 0.315. The van der Waals surface area contributed by atoms with E-state index < -0.39 is 0 Å². The number of benzene rings is 2. The lowest BCUT2D eigenvalue weighted by atomic mass is 9.97. The summed E-state index contributed by atoms with van der Waals surface area (Å²) in [6, 6.07) is 21.0.